The summed E-state index contributed by atoms with van der Waals surface area (Å²) in [6.07, 6.45) is 6.71. The highest BCUT2D eigenvalue weighted by Crippen LogP contribution is 2.28. The number of rotatable bonds is 6. The fourth-order valence-electron chi connectivity index (χ4n) is 2.56. The third-order valence-electron chi connectivity index (χ3n) is 3.68. The van der Waals surface area contributed by atoms with E-state index in [-0.39, 0.29) is 0 Å². The lowest BCUT2D eigenvalue weighted by Gasteiger charge is -2.24. The zero-order chi connectivity index (χ0) is 13.5. The number of hydrogen-bond donors (Lipinski definition) is 1. The molecule has 1 saturated carbocycles. The number of methoxy groups -OCH3 is 1. The lowest BCUT2D eigenvalue weighted by Crippen LogP contribution is -2.21. The molecule has 1 N–H and O–H groups in total. The summed E-state index contributed by atoms with van der Waals surface area (Å²) >= 11 is 0. The van der Waals surface area contributed by atoms with Crippen LogP contribution in [0.4, 0.5) is 0 Å². The first kappa shape index (κ1) is 14.2. The van der Waals surface area contributed by atoms with Crippen molar-refractivity contribution in [2.75, 3.05) is 13.7 Å². The summed E-state index contributed by atoms with van der Waals surface area (Å²) in [4.78, 5) is 0. The van der Waals surface area contributed by atoms with Gasteiger partial charge in [0.1, 0.15) is 11.5 Å². The Kier molecular flexibility index (Phi) is 5.52. The molecule has 0 bridgehead atoms. The van der Waals surface area contributed by atoms with Gasteiger partial charge in [0.2, 0.25) is 0 Å². The van der Waals surface area contributed by atoms with Crippen LogP contribution in [-0.4, -0.2) is 19.8 Å². The van der Waals surface area contributed by atoms with E-state index < -0.39 is 0 Å². The van der Waals surface area contributed by atoms with E-state index in [2.05, 4.69) is 18.3 Å². The van der Waals surface area contributed by atoms with Gasteiger partial charge in [0.15, 0.2) is 0 Å². The van der Waals surface area contributed by atoms with Gasteiger partial charge >= 0.3 is 0 Å². The number of hydrogen-bond acceptors (Lipinski definition) is 3. The molecule has 0 spiro atoms. The first-order valence-corrected chi connectivity index (χ1v) is 7.37. The highest BCUT2D eigenvalue weighted by Gasteiger charge is 2.16. The molecule has 0 saturated heterocycles. The SMILES string of the molecule is CCNCc1cc(OC)ccc1OC1CCCCC1. The summed E-state index contributed by atoms with van der Waals surface area (Å²) in [5.41, 5.74) is 1.19. The zero-order valence-electron chi connectivity index (χ0n) is 12.1. The molecule has 0 radical (unpaired) electrons. The molecule has 0 aliphatic heterocycles. The Morgan fingerprint density at radius 3 is 2.68 bits per heavy atom. The smallest absolute Gasteiger partial charge is 0.124 e. The average molecular weight is 263 g/mol. The van der Waals surface area contributed by atoms with Crippen LogP contribution < -0.4 is 14.8 Å². The quantitative estimate of drug-likeness (QED) is 0.852. The van der Waals surface area contributed by atoms with Crippen molar-refractivity contribution in [1.82, 2.24) is 5.32 Å². The Morgan fingerprint density at radius 2 is 2.00 bits per heavy atom. The Balaban J connectivity index is 2.07. The van der Waals surface area contributed by atoms with Gasteiger partial charge in [0, 0.05) is 12.1 Å². The third kappa shape index (κ3) is 4.13. The molecule has 0 aromatic heterocycles. The van der Waals surface area contributed by atoms with Crippen LogP contribution in [0.1, 0.15) is 44.6 Å². The van der Waals surface area contributed by atoms with E-state index in [1.807, 2.05) is 12.1 Å². The lowest BCUT2D eigenvalue weighted by molar-refractivity contribution is 0.153. The van der Waals surface area contributed by atoms with E-state index in [9.17, 15) is 0 Å². The van der Waals surface area contributed by atoms with Crippen LogP contribution in [0.2, 0.25) is 0 Å². The fourth-order valence-corrected chi connectivity index (χ4v) is 2.56. The highest BCUT2D eigenvalue weighted by atomic mass is 16.5. The van der Waals surface area contributed by atoms with Crippen LogP contribution in [0.25, 0.3) is 0 Å². The van der Waals surface area contributed by atoms with Crippen molar-refractivity contribution >= 4 is 0 Å². The number of ether oxygens (including phenoxy) is 2. The molecule has 3 nitrogen and oxygen atoms in total. The highest BCUT2D eigenvalue weighted by molar-refractivity contribution is 5.40. The standard InChI is InChI=1S/C16H25NO2/c1-3-17-12-13-11-15(18-2)9-10-16(13)19-14-7-5-4-6-8-14/h9-11,14,17H,3-8,12H2,1-2H3. The molecule has 1 aliphatic rings. The Labute approximate surface area is 116 Å². The second-order valence-corrected chi connectivity index (χ2v) is 5.13. The molecule has 106 valence electrons. The minimum atomic E-state index is 0.391. The maximum Gasteiger partial charge on any atom is 0.124 e. The van der Waals surface area contributed by atoms with Crippen molar-refractivity contribution in [3.8, 4) is 11.5 Å². The van der Waals surface area contributed by atoms with Crippen molar-refractivity contribution < 1.29 is 9.47 Å². The monoisotopic (exact) mass is 263 g/mol. The summed E-state index contributed by atoms with van der Waals surface area (Å²) in [5.74, 6) is 1.90. The number of benzene rings is 1. The summed E-state index contributed by atoms with van der Waals surface area (Å²) in [6, 6.07) is 6.09. The van der Waals surface area contributed by atoms with Crippen molar-refractivity contribution in [1.29, 1.82) is 0 Å². The maximum atomic E-state index is 6.19. The minimum Gasteiger partial charge on any atom is -0.497 e. The van der Waals surface area contributed by atoms with Crippen molar-refractivity contribution in [3.05, 3.63) is 23.8 Å². The Bertz CT molecular complexity index is 386. The van der Waals surface area contributed by atoms with Crippen LogP contribution in [0.5, 0.6) is 11.5 Å². The van der Waals surface area contributed by atoms with Gasteiger partial charge in [0.05, 0.1) is 13.2 Å². The predicted octanol–water partition coefficient (Wildman–Crippen LogP) is 3.52. The molecule has 19 heavy (non-hydrogen) atoms. The molecular formula is C16H25NO2. The van der Waals surface area contributed by atoms with Gasteiger partial charge in [-0.25, -0.2) is 0 Å². The molecule has 0 unspecified atom stereocenters. The number of nitrogens with one attached hydrogen (secondary N) is 1. The summed E-state index contributed by atoms with van der Waals surface area (Å²) in [6.45, 7) is 3.90. The summed E-state index contributed by atoms with van der Waals surface area (Å²) < 4.78 is 11.5. The molecule has 0 heterocycles. The Hall–Kier alpha value is -1.22. The minimum absolute atomic E-state index is 0.391. The first-order chi connectivity index (χ1) is 9.33. The van der Waals surface area contributed by atoms with Crippen LogP contribution >= 0.6 is 0 Å². The second-order valence-electron chi connectivity index (χ2n) is 5.13. The molecular weight excluding hydrogens is 238 g/mol. The normalized spacial score (nSPS) is 16.3. The van der Waals surface area contributed by atoms with Gasteiger partial charge in [-0.3, -0.25) is 0 Å². The van der Waals surface area contributed by atoms with Crippen LogP contribution in [0.15, 0.2) is 18.2 Å². The van der Waals surface area contributed by atoms with Crippen LogP contribution in [0.3, 0.4) is 0 Å². The van der Waals surface area contributed by atoms with E-state index >= 15 is 0 Å². The van der Waals surface area contributed by atoms with Crippen LogP contribution in [-0.2, 0) is 6.54 Å². The van der Waals surface area contributed by atoms with Gasteiger partial charge < -0.3 is 14.8 Å². The molecule has 1 fully saturated rings. The van der Waals surface area contributed by atoms with E-state index in [0.717, 1.165) is 24.6 Å². The van der Waals surface area contributed by atoms with Crippen LogP contribution in [0, 0.1) is 0 Å². The molecule has 0 atom stereocenters. The van der Waals surface area contributed by atoms with Crippen molar-refractivity contribution in [2.24, 2.45) is 0 Å². The second kappa shape index (κ2) is 7.39. The zero-order valence-corrected chi connectivity index (χ0v) is 12.1. The average Bonchev–Trinajstić information content (AvgIpc) is 2.47. The van der Waals surface area contributed by atoms with Crippen molar-refractivity contribution in [3.63, 3.8) is 0 Å². The maximum absolute atomic E-state index is 6.19. The summed E-state index contributed by atoms with van der Waals surface area (Å²) in [5, 5.41) is 3.36. The molecule has 3 heteroatoms. The van der Waals surface area contributed by atoms with E-state index in [1.54, 1.807) is 7.11 Å². The predicted molar refractivity (Wildman–Crippen MR) is 77.9 cm³/mol. The van der Waals surface area contributed by atoms with Gasteiger partial charge in [-0.2, -0.15) is 0 Å². The molecule has 1 aromatic carbocycles. The van der Waals surface area contributed by atoms with E-state index in [0.29, 0.717) is 6.10 Å². The molecule has 0 amide bonds. The topological polar surface area (TPSA) is 30.5 Å². The van der Waals surface area contributed by atoms with E-state index in [1.165, 1.54) is 37.7 Å². The van der Waals surface area contributed by atoms with E-state index in [4.69, 9.17) is 9.47 Å². The van der Waals surface area contributed by atoms with Gasteiger partial charge in [-0.05, 0) is 50.4 Å². The third-order valence-corrected chi connectivity index (χ3v) is 3.68. The van der Waals surface area contributed by atoms with Gasteiger partial charge in [0.25, 0.3) is 0 Å². The molecule has 2 rings (SSSR count). The fraction of sp³-hybridized carbons (Fsp3) is 0.625. The van der Waals surface area contributed by atoms with Crippen molar-refractivity contribution in [2.45, 2.75) is 51.7 Å². The lowest BCUT2D eigenvalue weighted by atomic mass is 9.97. The first-order valence-electron chi connectivity index (χ1n) is 7.37. The Morgan fingerprint density at radius 1 is 1.21 bits per heavy atom. The molecule has 1 aromatic rings. The van der Waals surface area contributed by atoms with Gasteiger partial charge in [-0.15, -0.1) is 0 Å². The van der Waals surface area contributed by atoms with Gasteiger partial charge in [-0.1, -0.05) is 13.3 Å². The molecule has 1 aliphatic carbocycles. The summed E-state index contributed by atoms with van der Waals surface area (Å²) in [7, 11) is 1.70. The largest absolute Gasteiger partial charge is 0.497 e.